The Morgan fingerprint density at radius 2 is 2.04 bits per heavy atom. The zero-order valence-electron chi connectivity index (χ0n) is 13.8. The summed E-state index contributed by atoms with van der Waals surface area (Å²) in [6.07, 6.45) is 0. The van der Waals surface area contributed by atoms with Crippen LogP contribution in [0, 0.1) is 11.8 Å². The molecule has 7 nitrogen and oxygen atoms in total. The highest BCUT2D eigenvalue weighted by Crippen LogP contribution is 2.53. The average Bonchev–Trinajstić information content (AvgIpc) is 3.12. The number of anilines is 1. The number of ether oxygens (including phenoxy) is 1. The van der Waals surface area contributed by atoms with Gasteiger partial charge in [-0.05, 0) is 25.1 Å². The van der Waals surface area contributed by atoms with E-state index in [9.17, 15) is 14.4 Å². The highest BCUT2D eigenvalue weighted by molar-refractivity contribution is 9.10. The number of nitrogens with zero attached hydrogens (tertiary/aromatic N) is 1. The van der Waals surface area contributed by atoms with E-state index >= 15 is 0 Å². The van der Waals surface area contributed by atoms with E-state index in [-0.39, 0.29) is 36.9 Å². The largest absolute Gasteiger partial charge is 0.383 e. The van der Waals surface area contributed by atoms with E-state index in [0.29, 0.717) is 11.3 Å². The van der Waals surface area contributed by atoms with E-state index in [1.807, 2.05) is 19.1 Å². The summed E-state index contributed by atoms with van der Waals surface area (Å²) < 4.78 is 5.83. The molecule has 0 bridgehead atoms. The van der Waals surface area contributed by atoms with Gasteiger partial charge in [-0.2, -0.15) is 0 Å². The van der Waals surface area contributed by atoms with Crippen molar-refractivity contribution in [2.75, 3.05) is 25.6 Å². The smallest absolute Gasteiger partial charge is 0.250 e. The fourth-order valence-electron chi connectivity index (χ4n) is 4.40. The van der Waals surface area contributed by atoms with Crippen LogP contribution in [0.5, 0.6) is 0 Å². The summed E-state index contributed by atoms with van der Waals surface area (Å²) in [7, 11) is 1.52. The first-order valence-electron chi connectivity index (χ1n) is 8.15. The number of benzene rings is 1. The van der Waals surface area contributed by atoms with Crippen LogP contribution >= 0.6 is 15.9 Å². The van der Waals surface area contributed by atoms with Gasteiger partial charge in [-0.1, -0.05) is 15.9 Å². The molecule has 3 aliphatic heterocycles. The maximum absolute atomic E-state index is 13.1. The predicted octanol–water partition coefficient (Wildman–Crippen LogP) is 0.836. The summed E-state index contributed by atoms with van der Waals surface area (Å²) in [5.74, 6) is -2.14. The molecule has 8 heteroatoms. The van der Waals surface area contributed by atoms with Crippen LogP contribution in [0.2, 0.25) is 0 Å². The SMILES string of the molecule is COCCN1C(=O)[C@H]2[C@@H](C1=O)[C@]1(N[C@@H]2C)C(=O)Nc2ccc(Br)cc21. The van der Waals surface area contributed by atoms with Crippen molar-refractivity contribution in [1.82, 2.24) is 10.2 Å². The summed E-state index contributed by atoms with van der Waals surface area (Å²) in [4.78, 5) is 40.0. The van der Waals surface area contributed by atoms with Crippen LogP contribution in [-0.2, 0) is 24.7 Å². The van der Waals surface area contributed by atoms with Gasteiger partial charge in [0.15, 0.2) is 0 Å². The Morgan fingerprint density at radius 3 is 2.76 bits per heavy atom. The zero-order chi connectivity index (χ0) is 17.9. The third-order valence-corrected chi connectivity index (χ3v) is 5.93. The molecule has 2 saturated heterocycles. The first-order valence-corrected chi connectivity index (χ1v) is 8.94. The van der Waals surface area contributed by atoms with Crippen molar-refractivity contribution in [3.05, 3.63) is 28.2 Å². The molecule has 0 unspecified atom stereocenters. The maximum atomic E-state index is 13.1. The topological polar surface area (TPSA) is 87.7 Å². The van der Waals surface area contributed by atoms with Gasteiger partial charge in [-0.15, -0.1) is 0 Å². The number of hydrogen-bond acceptors (Lipinski definition) is 5. The number of nitrogens with one attached hydrogen (secondary N) is 2. The molecule has 1 aromatic rings. The minimum Gasteiger partial charge on any atom is -0.383 e. The summed E-state index contributed by atoms with van der Waals surface area (Å²) in [5.41, 5.74) is 0.169. The van der Waals surface area contributed by atoms with Crippen LogP contribution < -0.4 is 10.6 Å². The molecule has 1 aromatic carbocycles. The van der Waals surface area contributed by atoms with Crippen LogP contribution in [-0.4, -0.2) is 48.9 Å². The Hall–Kier alpha value is -1.77. The second-order valence-electron chi connectivity index (χ2n) is 6.71. The zero-order valence-corrected chi connectivity index (χ0v) is 15.4. The normalized spacial score (nSPS) is 33.2. The molecule has 2 N–H and O–H groups in total. The summed E-state index contributed by atoms with van der Waals surface area (Å²) in [6.45, 7) is 2.33. The molecule has 4 atom stereocenters. The third-order valence-electron chi connectivity index (χ3n) is 5.43. The summed E-state index contributed by atoms with van der Waals surface area (Å²) >= 11 is 3.43. The number of methoxy groups -OCH3 is 1. The van der Waals surface area contributed by atoms with E-state index in [1.54, 1.807) is 6.07 Å². The van der Waals surface area contributed by atoms with Crippen LogP contribution in [0.4, 0.5) is 5.69 Å². The number of halogens is 1. The highest BCUT2D eigenvalue weighted by atomic mass is 79.9. The molecule has 3 heterocycles. The van der Waals surface area contributed by atoms with Gasteiger partial charge in [0.25, 0.3) is 0 Å². The molecule has 4 rings (SSSR count). The molecule has 0 saturated carbocycles. The van der Waals surface area contributed by atoms with E-state index in [4.69, 9.17) is 4.74 Å². The van der Waals surface area contributed by atoms with Crippen LogP contribution in [0.25, 0.3) is 0 Å². The molecule has 0 aromatic heterocycles. The van der Waals surface area contributed by atoms with Gasteiger partial charge in [-0.25, -0.2) is 0 Å². The fourth-order valence-corrected chi connectivity index (χ4v) is 4.76. The second kappa shape index (κ2) is 5.62. The van der Waals surface area contributed by atoms with Gasteiger partial charge in [0.2, 0.25) is 17.7 Å². The minimum absolute atomic E-state index is 0.205. The van der Waals surface area contributed by atoms with E-state index in [1.165, 1.54) is 12.0 Å². The number of imide groups is 1. The lowest BCUT2D eigenvalue weighted by Crippen LogP contribution is -2.53. The van der Waals surface area contributed by atoms with Crippen molar-refractivity contribution in [3.63, 3.8) is 0 Å². The van der Waals surface area contributed by atoms with Gasteiger partial charge >= 0.3 is 0 Å². The van der Waals surface area contributed by atoms with Crippen LogP contribution in [0.3, 0.4) is 0 Å². The van der Waals surface area contributed by atoms with Crippen LogP contribution in [0.15, 0.2) is 22.7 Å². The first kappa shape index (κ1) is 16.7. The molecule has 132 valence electrons. The number of carbonyl (C=O) groups is 3. The molecular weight excluding hydrogens is 390 g/mol. The first-order chi connectivity index (χ1) is 11.9. The highest BCUT2D eigenvalue weighted by Gasteiger charge is 2.69. The Labute approximate surface area is 153 Å². The molecular formula is C17H18BrN3O4. The van der Waals surface area contributed by atoms with Crippen molar-refractivity contribution in [2.45, 2.75) is 18.5 Å². The Balaban J connectivity index is 1.83. The van der Waals surface area contributed by atoms with Gasteiger partial charge in [-0.3, -0.25) is 24.6 Å². The van der Waals surface area contributed by atoms with Crippen molar-refractivity contribution in [1.29, 1.82) is 0 Å². The second-order valence-corrected chi connectivity index (χ2v) is 7.63. The summed E-state index contributed by atoms with van der Waals surface area (Å²) in [5, 5.41) is 6.12. The Bertz CT molecular complexity index is 798. The molecule has 2 fully saturated rings. The minimum atomic E-state index is -1.21. The lowest BCUT2D eigenvalue weighted by Gasteiger charge is -2.29. The number of rotatable bonds is 3. The lowest BCUT2D eigenvalue weighted by atomic mass is 9.76. The number of carbonyl (C=O) groups excluding carboxylic acids is 3. The molecule has 0 aliphatic carbocycles. The van der Waals surface area contributed by atoms with Crippen molar-refractivity contribution < 1.29 is 19.1 Å². The molecule has 3 amide bonds. The molecule has 1 spiro atoms. The van der Waals surface area contributed by atoms with Crippen molar-refractivity contribution in [3.8, 4) is 0 Å². The Morgan fingerprint density at radius 1 is 1.28 bits per heavy atom. The number of likely N-dealkylation sites (tertiary alicyclic amines) is 1. The maximum Gasteiger partial charge on any atom is 0.250 e. The van der Waals surface area contributed by atoms with Crippen molar-refractivity contribution in [2.24, 2.45) is 11.8 Å². The average molecular weight is 408 g/mol. The fraction of sp³-hybridized carbons (Fsp3) is 0.471. The number of fused-ring (bicyclic) bond motifs is 4. The van der Waals surface area contributed by atoms with Gasteiger partial charge in [0, 0.05) is 28.9 Å². The van der Waals surface area contributed by atoms with Gasteiger partial charge in [0.1, 0.15) is 5.54 Å². The Kier molecular flexibility index (Phi) is 3.75. The van der Waals surface area contributed by atoms with Crippen LogP contribution in [0.1, 0.15) is 12.5 Å². The van der Waals surface area contributed by atoms with E-state index in [2.05, 4.69) is 26.6 Å². The quantitative estimate of drug-likeness (QED) is 0.724. The monoisotopic (exact) mass is 407 g/mol. The van der Waals surface area contributed by atoms with E-state index < -0.39 is 17.4 Å². The van der Waals surface area contributed by atoms with Gasteiger partial charge < -0.3 is 10.1 Å². The predicted molar refractivity (Wildman–Crippen MR) is 92.6 cm³/mol. The molecule has 0 radical (unpaired) electrons. The molecule has 25 heavy (non-hydrogen) atoms. The summed E-state index contributed by atoms with van der Waals surface area (Å²) in [6, 6.07) is 5.19. The lowest BCUT2D eigenvalue weighted by molar-refractivity contribution is -0.143. The number of hydrogen-bond donors (Lipinski definition) is 2. The number of amides is 3. The third kappa shape index (κ3) is 2.07. The van der Waals surface area contributed by atoms with E-state index in [0.717, 1.165) is 4.47 Å². The standard InChI is InChI=1S/C17H18BrN3O4/c1-8-12-13(15(23)21(14(12)22)5-6-25-2)17(20-8)10-7-9(18)3-4-11(10)19-16(17)24/h3-4,7-8,12-13,20H,5-6H2,1-2H3,(H,19,24)/t8-,12-,13+,17+/m1/s1. The van der Waals surface area contributed by atoms with Crippen molar-refractivity contribution >= 4 is 39.3 Å². The molecule has 3 aliphatic rings. The van der Waals surface area contributed by atoms with Gasteiger partial charge in [0.05, 0.1) is 25.0 Å².